The van der Waals surface area contributed by atoms with Crippen LogP contribution in [0, 0.1) is 18.3 Å². The maximum absolute atomic E-state index is 13.0. The Bertz CT molecular complexity index is 546. The Morgan fingerprint density at radius 3 is 2.20 bits per heavy atom. The molecule has 4 nitrogen and oxygen atoms in total. The summed E-state index contributed by atoms with van der Waals surface area (Å²) in [7, 11) is 0. The number of carbonyl (C=O) groups excluding carboxylic acids is 1. The minimum Gasteiger partial charge on any atom is -0.460 e. The smallest absolute Gasteiger partial charge is 0.312 e. The molecule has 0 aromatic carbocycles. The van der Waals surface area contributed by atoms with Crippen LogP contribution in [0.4, 0.5) is 0 Å². The minimum atomic E-state index is -0.520. The summed E-state index contributed by atoms with van der Waals surface area (Å²) in [5.41, 5.74) is 0.898. The van der Waals surface area contributed by atoms with E-state index in [9.17, 15) is 4.79 Å². The third kappa shape index (κ3) is 7.13. The van der Waals surface area contributed by atoms with Gasteiger partial charge in [-0.2, -0.15) is 10.2 Å². The van der Waals surface area contributed by atoms with E-state index in [1.165, 1.54) is 0 Å². The Morgan fingerprint density at radius 2 is 1.76 bits per heavy atom. The van der Waals surface area contributed by atoms with Gasteiger partial charge in [0.1, 0.15) is 5.60 Å². The molecule has 0 radical (unpaired) electrons. The van der Waals surface area contributed by atoms with Gasteiger partial charge in [0.25, 0.3) is 0 Å². The van der Waals surface area contributed by atoms with E-state index in [1.54, 1.807) is 0 Å². The highest BCUT2D eigenvalue weighted by Gasteiger charge is 2.40. The number of ether oxygens (including phenoxy) is 1. The quantitative estimate of drug-likeness (QED) is 0.586. The van der Waals surface area contributed by atoms with Gasteiger partial charge in [0.2, 0.25) is 0 Å². The van der Waals surface area contributed by atoms with Crippen LogP contribution in [0.2, 0.25) is 0 Å². The van der Waals surface area contributed by atoms with Crippen LogP contribution in [0.3, 0.4) is 0 Å². The van der Waals surface area contributed by atoms with Crippen molar-refractivity contribution in [2.75, 3.05) is 0 Å². The zero-order valence-electron chi connectivity index (χ0n) is 17.3. The number of aromatic nitrogens is 2. The average Bonchev–Trinajstić information content (AvgIpc) is 2.45. The lowest BCUT2D eigenvalue weighted by Gasteiger charge is -2.35. The van der Waals surface area contributed by atoms with Gasteiger partial charge in [0.05, 0.1) is 16.8 Å². The second kappa shape index (κ2) is 8.77. The van der Waals surface area contributed by atoms with Crippen molar-refractivity contribution >= 4 is 5.97 Å². The Balaban J connectivity index is 3.10. The molecule has 0 aliphatic heterocycles. The van der Waals surface area contributed by atoms with Gasteiger partial charge in [-0.15, -0.1) is 0 Å². The molecule has 1 aromatic rings. The summed E-state index contributed by atoms with van der Waals surface area (Å²) in [6.07, 6.45) is 3.59. The van der Waals surface area contributed by atoms with E-state index in [0.29, 0.717) is 5.92 Å². The molecule has 4 heteroatoms. The fraction of sp³-hybridized carbons (Fsp3) is 0.762. The summed E-state index contributed by atoms with van der Waals surface area (Å²) < 4.78 is 5.76. The van der Waals surface area contributed by atoms with Crippen molar-refractivity contribution in [2.24, 2.45) is 11.3 Å². The van der Waals surface area contributed by atoms with Gasteiger partial charge in [-0.3, -0.25) is 4.79 Å². The molecule has 0 fully saturated rings. The summed E-state index contributed by atoms with van der Waals surface area (Å²) in [6, 6.07) is 4.05. The van der Waals surface area contributed by atoms with Gasteiger partial charge in [-0.25, -0.2) is 0 Å². The monoisotopic (exact) mass is 348 g/mol. The highest BCUT2D eigenvalue weighted by atomic mass is 16.6. The molecule has 1 rings (SSSR count). The number of hydrogen-bond donors (Lipinski definition) is 0. The van der Waals surface area contributed by atoms with Gasteiger partial charge < -0.3 is 4.74 Å². The fourth-order valence-electron chi connectivity index (χ4n) is 3.43. The molecule has 0 bridgehead atoms. The predicted molar refractivity (Wildman–Crippen MR) is 102 cm³/mol. The van der Waals surface area contributed by atoms with Gasteiger partial charge >= 0.3 is 5.97 Å². The van der Waals surface area contributed by atoms with Crippen molar-refractivity contribution < 1.29 is 9.53 Å². The molecule has 0 saturated carbocycles. The Hall–Kier alpha value is -1.45. The molecule has 142 valence electrons. The second-order valence-corrected chi connectivity index (χ2v) is 8.95. The van der Waals surface area contributed by atoms with E-state index in [4.69, 9.17) is 4.74 Å². The summed E-state index contributed by atoms with van der Waals surface area (Å²) in [6.45, 7) is 16.2. The molecule has 0 aliphatic rings. The number of hydrogen-bond acceptors (Lipinski definition) is 4. The molecule has 0 amide bonds. The maximum atomic E-state index is 13.0. The van der Waals surface area contributed by atoms with Crippen LogP contribution in [0.15, 0.2) is 12.1 Å². The molecule has 1 aromatic heterocycles. The Kier molecular flexibility index (Phi) is 7.58. The minimum absolute atomic E-state index is 0.102. The number of rotatable bonds is 8. The van der Waals surface area contributed by atoms with E-state index in [0.717, 1.165) is 37.1 Å². The maximum Gasteiger partial charge on any atom is 0.312 e. The van der Waals surface area contributed by atoms with E-state index in [1.807, 2.05) is 46.8 Å². The Morgan fingerprint density at radius 1 is 1.12 bits per heavy atom. The zero-order chi connectivity index (χ0) is 19.3. The first-order chi connectivity index (χ1) is 11.5. The van der Waals surface area contributed by atoms with Gasteiger partial charge in [0, 0.05) is 5.92 Å². The predicted octanol–water partition coefficient (Wildman–Crippen LogP) is 5.45. The molecule has 0 saturated heterocycles. The number of nitrogens with zero attached hydrogens (tertiary/aromatic N) is 2. The van der Waals surface area contributed by atoms with E-state index in [2.05, 4.69) is 31.0 Å². The van der Waals surface area contributed by atoms with E-state index < -0.39 is 11.0 Å². The molecule has 1 heterocycles. The highest BCUT2D eigenvalue weighted by Crippen LogP contribution is 2.40. The number of esters is 1. The van der Waals surface area contributed by atoms with Gasteiger partial charge in [-0.1, -0.05) is 27.2 Å². The van der Waals surface area contributed by atoms with Crippen molar-refractivity contribution in [1.82, 2.24) is 10.2 Å². The normalized spacial score (nSPS) is 15.7. The lowest BCUT2D eigenvalue weighted by Crippen LogP contribution is -2.38. The third-order valence-corrected chi connectivity index (χ3v) is 4.32. The zero-order valence-corrected chi connectivity index (χ0v) is 17.3. The van der Waals surface area contributed by atoms with Crippen LogP contribution in [0.5, 0.6) is 0 Å². The number of aryl methyl sites for hydroxylation is 1. The van der Waals surface area contributed by atoms with Crippen LogP contribution in [-0.2, 0) is 9.53 Å². The van der Waals surface area contributed by atoms with E-state index in [-0.39, 0.29) is 11.9 Å². The second-order valence-electron chi connectivity index (χ2n) is 8.95. The topological polar surface area (TPSA) is 52.1 Å². The van der Waals surface area contributed by atoms with Crippen molar-refractivity contribution in [3.8, 4) is 0 Å². The third-order valence-electron chi connectivity index (χ3n) is 4.32. The molecule has 25 heavy (non-hydrogen) atoms. The van der Waals surface area contributed by atoms with Crippen molar-refractivity contribution in [1.29, 1.82) is 0 Å². The van der Waals surface area contributed by atoms with Crippen molar-refractivity contribution in [3.05, 3.63) is 23.5 Å². The lowest BCUT2D eigenvalue weighted by atomic mass is 9.73. The first-order valence-corrected chi connectivity index (χ1v) is 9.50. The van der Waals surface area contributed by atoms with Crippen LogP contribution >= 0.6 is 0 Å². The molecule has 2 atom stereocenters. The van der Waals surface area contributed by atoms with Crippen LogP contribution < -0.4 is 0 Å². The van der Waals surface area contributed by atoms with Gasteiger partial charge in [-0.05, 0) is 71.9 Å². The first kappa shape index (κ1) is 21.6. The molecule has 0 spiro atoms. The SMILES string of the molecule is CCC[C@H](C[C@@](C)(CC(C)C)C(=O)OC(C)(C)C)c1ccc(C)nn1. The molecule has 0 N–H and O–H groups in total. The van der Waals surface area contributed by atoms with Crippen molar-refractivity contribution in [3.63, 3.8) is 0 Å². The van der Waals surface area contributed by atoms with E-state index >= 15 is 0 Å². The fourth-order valence-corrected chi connectivity index (χ4v) is 3.43. The molecular formula is C21H36N2O2. The highest BCUT2D eigenvalue weighted by molar-refractivity contribution is 5.77. The lowest BCUT2D eigenvalue weighted by molar-refractivity contribution is -0.168. The summed E-state index contributed by atoms with van der Waals surface area (Å²) in [5.74, 6) is 0.535. The Labute approximate surface area is 153 Å². The molecule has 0 unspecified atom stereocenters. The summed E-state index contributed by atoms with van der Waals surface area (Å²) in [5, 5.41) is 8.60. The van der Waals surface area contributed by atoms with Crippen molar-refractivity contribution in [2.45, 2.75) is 92.6 Å². The van der Waals surface area contributed by atoms with Crippen LogP contribution in [-0.4, -0.2) is 21.8 Å². The first-order valence-electron chi connectivity index (χ1n) is 9.50. The van der Waals surface area contributed by atoms with Crippen LogP contribution in [0.1, 0.15) is 91.5 Å². The standard InChI is InChI=1S/C21H36N2O2/c1-9-10-17(18-12-11-16(4)22-23-18)14-21(8,13-15(2)3)19(24)25-20(5,6)7/h11-12,15,17H,9-10,13-14H2,1-8H3/t17-,21-/m1/s1. The average molecular weight is 349 g/mol. The summed E-state index contributed by atoms with van der Waals surface area (Å²) >= 11 is 0. The molecule has 0 aliphatic carbocycles. The molecular weight excluding hydrogens is 312 g/mol. The summed E-state index contributed by atoms with van der Waals surface area (Å²) in [4.78, 5) is 13.0. The van der Waals surface area contributed by atoms with Crippen LogP contribution in [0.25, 0.3) is 0 Å². The number of carbonyl (C=O) groups is 1. The largest absolute Gasteiger partial charge is 0.460 e. The van der Waals surface area contributed by atoms with Gasteiger partial charge in [0.15, 0.2) is 0 Å².